The van der Waals surface area contributed by atoms with Crippen molar-refractivity contribution in [1.82, 2.24) is 19.5 Å². The molecule has 68 heavy (non-hydrogen) atoms. The second-order valence-electron chi connectivity index (χ2n) is 16.8. The highest BCUT2D eigenvalue weighted by Crippen LogP contribution is 2.47. The molecule has 0 fully saturated rings. The first-order chi connectivity index (χ1) is 33.6. The summed E-state index contributed by atoms with van der Waals surface area (Å²) in [6.07, 6.45) is 5.63. The molecule has 0 aliphatic heterocycles. The Kier molecular flexibility index (Phi) is 10.1. The van der Waals surface area contributed by atoms with Gasteiger partial charge in [-0.3, -0.25) is 0 Å². The van der Waals surface area contributed by atoms with Crippen LogP contribution in [0.2, 0.25) is 0 Å². The van der Waals surface area contributed by atoms with Gasteiger partial charge in [0.25, 0.3) is 0 Å². The van der Waals surface area contributed by atoms with Crippen molar-refractivity contribution in [1.29, 1.82) is 0 Å². The molecule has 0 saturated carbocycles. The Balaban J connectivity index is 1.19. The third-order valence-corrected chi connectivity index (χ3v) is 12.8. The van der Waals surface area contributed by atoms with Gasteiger partial charge in [0.1, 0.15) is 11.2 Å². The molecular formula is C63H42N4O. The average molecular weight is 871 g/mol. The fourth-order valence-corrected chi connectivity index (χ4v) is 9.66. The van der Waals surface area contributed by atoms with Crippen LogP contribution in [0, 0.1) is 0 Å². The molecule has 3 aromatic heterocycles. The zero-order chi connectivity index (χ0) is 45.6. The Morgan fingerprint density at radius 2 is 0.941 bits per heavy atom. The van der Waals surface area contributed by atoms with Crippen molar-refractivity contribution in [3.05, 3.63) is 249 Å². The number of nitrogens with zero attached hydrogens (tertiary/aromatic N) is 4. The molecule has 0 radical (unpaired) electrons. The van der Waals surface area contributed by atoms with Gasteiger partial charge in [0, 0.05) is 44.0 Å². The lowest BCUT2D eigenvalue weighted by Crippen LogP contribution is -2.04. The largest absolute Gasteiger partial charge is 0.456 e. The molecule has 0 amide bonds. The van der Waals surface area contributed by atoms with Crippen LogP contribution >= 0.6 is 0 Å². The van der Waals surface area contributed by atoms with Crippen molar-refractivity contribution in [2.24, 2.45) is 0 Å². The van der Waals surface area contributed by atoms with Crippen LogP contribution in [0.3, 0.4) is 0 Å². The standard InChI is InChI=1S/C63H42N4O/c1-3-21-41(4-2)46-36-47(42-22-9-5-10-23-42)38-48(37-46)62-64-61(45-28-15-8-16-29-45)65-63(66-62)49-39-53(43-24-11-6-12-25-43)59(54(40-49)44-26-13-7-14-27-44)67-55-32-19-17-30-50(55)51-34-35-57-58(60(51)67)52-31-18-20-33-56(52)68-57/h3-40H,1-2H2/b41-21+. The lowest BCUT2D eigenvalue weighted by molar-refractivity contribution is 0.669. The monoisotopic (exact) mass is 870 g/mol. The highest BCUT2D eigenvalue weighted by atomic mass is 16.3. The molecule has 0 N–H and O–H groups in total. The smallest absolute Gasteiger partial charge is 0.164 e. The predicted octanol–water partition coefficient (Wildman–Crippen LogP) is 16.6. The van der Waals surface area contributed by atoms with Gasteiger partial charge in [-0.25, -0.2) is 15.0 Å². The van der Waals surface area contributed by atoms with Crippen molar-refractivity contribution in [3.63, 3.8) is 0 Å². The minimum Gasteiger partial charge on any atom is -0.456 e. The molecule has 3 heterocycles. The van der Waals surface area contributed by atoms with Crippen molar-refractivity contribution in [2.45, 2.75) is 0 Å². The van der Waals surface area contributed by atoms with E-state index >= 15 is 0 Å². The second kappa shape index (κ2) is 17.0. The van der Waals surface area contributed by atoms with Gasteiger partial charge in [-0.2, -0.15) is 0 Å². The predicted molar refractivity (Wildman–Crippen MR) is 282 cm³/mol. The van der Waals surface area contributed by atoms with Gasteiger partial charge >= 0.3 is 0 Å². The summed E-state index contributed by atoms with van der Waals surface area (Å²) < 4.78 is 9.03. The van der Waals surface area contributed by atoms with Gasteiger partial charge < -0.3 is 8.98 Å². The Morgan fingerprint density at radius 1 is 0.426 bits per heavy atom. The van der Waals surface area contributed by atoms with E-state index in [4.69, 9.17) is 19.4 Å². The normalized spacial score (nSPS) is 11.7. The highest BCUT2D eigenvalue weighted by Gasteiger charge is 2.25. The average Bonchev–Trinajstić information content (AvgIpc) is 3.96. The van der Waals surface area contributed by atoms with E-state index in [-0.39, 0.29) is 0 Å². The van der Waals surface area contributed by atoms with Crippen LogP contribution < -0.4 is 0 Å². The Labute approximate surface area is 394 Å². The third kappa shape index (κ3) is 7.02. The summed E-state index contributed by atoms with van der Waals surface area (Å²) in [5.41, 5.74) is 15.7. The van der Waals surface area contributed by atoms with Crippen LogP contribution in [-0.4, -0.2) is 19.5 Å². The molecule has 320 valence electrons. The molecule has 12 rings (SSSR count). The lowest BCUT2D eigenvalue weighted by Gasteiger charge is -2.21. The number of furan rings is 1. The summed E-state index contributed by atoms with van der Waals surface area (Å²) in [7, 11) is 0. The van der Waals surface area contributed by atoms with E-state index in [1.165, 1.54) is 0 Å². The SMILES string of the molecule is C=C/C=C(\C=C)c1cc(-c2ccccc2)cc(-c2nc(-c3ccccc3)nc(-c3cc(-c4ccccc4)c(-n4c5ccccc5c5ccc6oc7ccccc7c6c54)c(-c4ccccc4)c3)n2)c1. The first-order valence-corrected chi connectivity index (χ1v) is 22.7. The number of para-hydroxylation sites is 2. The minimum absolute atomic E-state index is 0.553. The summed E-state index contributed by atoms with van der Waals surface area (Å²) >= 11 is 0. The van der Waals surface area contributed by atoms with Crippen molar-refractivity contribution < 1.29 is 4.42 Å². The van der Waals surface area contributed by atoms with E-state index in [1.807, 2.05) is 54.6 Å². The topological polar surface area (TPSA) is 56.7 Å². The van der Waals surface area contributed by atoms with E-state index in [2.05, 4.69) is 188 Å². The van der Waals surface area contributed by atoms with Crippen LogP contribution in [0.15, 0.2) is 248 Å². The molecule has 9 aromatic carbocycles. The minimum atomic E-state index is 0.553. The highest BCUT2D eigenvalue weighted by molar-refractivity contribution is 6.25. The van der Waals surface area contributed by atoms with Gasteiger partial charge in [0.2, 0.25) is 0 Å². The number of fused-ring (bicyclic) bond motifs is 7. The van der Waals surface area contributed by atoms with E-state index in [0.29, 0.717) is 17.5 Å². The van der Waals surface area contributed by atoms with Crippen LogP contribution in [0.25, 0.3) is 123 Å². The molecular weight excluding hydrogens is 829 g/mol. The number of hydrogen-bond acceptors (Lipinski definition) is 4. The van der Waals surface area contributed by atoms with Crippen LogP contribution in [-0.2, 0) is 0 Å². The van der Waals surface area contributed by atoms with Crippen molar-refractivity contribution >= 4 is 49.3 Å². The summed E-state index contributed by atoms with van der Waals surface area (Å²) in [6.45, 7) is 8.15. The van der Waals surface area contributed by atoms with Crippen LogP contribution in [0.4, 0.5) is 0 Å². The molecule has 5 heteroatoms. The maximum absolute atomic E-state index is 6.57. The summed E-state index contributed by atoms with van der Waals surface area (Å²) in [4.78, 5) is 16.0. The maximum atomic E-state index is 6.57. The van der Waals surface area contributed by atoms with Crippen LogP contribution in [0.1, 0.15) is 5.56 Å². The van der Waals surface area contributed by atoms with Gasteiger partial charge in [-0.1, -0.05) is 189 Å². The molecule has 0 saturated heterocycles. The second-order valence-corrected chi connectivity index (χ2v) is 16.8. The number of benzene rings is 9. The lowest BCUT2D eigenvalue weighted by atomic mass is 9.92. The molecule has 0 bridgehead atoms. The molecule has 0 atom stereocenters. The first-order valence-electron chi connectivity index (χ1n) is 22.7. The third-order valence-electron chi connectivity index (χ3n) is 12.8. The van der Waals surface area contributed by atoms with Crippen LogP contribution in [0.5, 0.6) is 0 Å². The van der Waals surface area contributed by atoms with Crippen molar-refractivity contribution in [2.75, 3.05) is 0 Å². The fourth-order valence-electron chi connectivity index (χ4n) is 9.66. The summed E-state index contributed by atoms with van der Waals surface area (Å²) in [5.74, 6) is 1.68. The van der Waals surface area contributed by atoms with E-state index < -0.39 is 0 Å². The maximum Gasteiger partial charge on any atom is 0.164 e. The van der Waals surface area contributed by atoms with E-state index in [9.17, 15) is 0 Å². The van der Waals surface area contributed by atoms with Gasteiger partial charge in [0.15, 0.2) is 17.5 Å². The van der Waals surface area contributed by atoms with Gasteiger partial charge in [0.05, 0.1) is 22.1 Å². The number of hydrogen-bond donors (Lipinski definition) is 0. The molecule has 0 spiro atoms. The summed E-state index contributed by atoms with van der Waals surface area (Å²) in [5, 5.41) is 4.45. The van der Waals surface area contributed by atoms with E-state index in [1.54, 1.807) is 6.08 Å². The molecule has 12 aromatic rings. The van der Waals surface area contributed by atoms with E-state index in [0.717, 1.165) is 111 Å². The fraction of sp³-hybridized carbons (Fsp3) is 0. The van der Waals surface area contributed by atoms with Gasteiger partial charge in [-0.05, 0) is 88.0 Å². The number of rotatable bonds is 10. The quantitative estimate of drug-likeness (QED) is 0.129. The first kappa shape index (κ1) is 40.3. The number of allylic oxidation sites excluding steroid dienone is 4. The zero-order valence-corrected chi connectivity index (χ0v) is 37.1. The Hall–Kier alpha value is -9.19. The van der Waals surface area contributed by atoms with Crippen molar-refractivity contribution in [3.8, 4) is 73.2 Å². The van der Waals surface area contributed by atoms with Gasteiger partial charge in [-0.15, -0.1) is 0 Å². The Bertz CT molecular complexity index is 3860. The number of aromatic nitrogens is 4. The molecule has 0 aliphatic carbocycles. The molecule has 0 aliphatic rings. The molecule has 0 unspecified atom stereocenters. The summed E-state index contributed by atoms with van der Waals surface area (Å²) in [6, 6.07) is 74.2. The molecule has 5 nitrogen and oxygen atoms in total. The Morgan fingerprint density at radius 3 is 1.56 bits per heavy atom. The zero-order valence-electron chi connectivity index (χ0n) is 37.1.